The molecule has 0 aliphatic heterocycles. The van der Waals surface area contributed by atoms with Crippen LogP contribution in [0.1, 0.15) is 51.4 Å². The molecule has 18 heavy (non-hydrogen) atoms. The first-order valence-electron chi connectivity index (χ1n) is 6.75. The first-order valence-corrected chi connectivity index (χ1v) is 8.81. The van der Waals surface area contributed by atoms with Gasteiger partial charge in [0.2, 0.25) is 0 Å². The number of hydrogen-bond acceptors (Lipinski definition) is 4. The Morgan fingerprint density at radius 2 is 1.83 bits per heavy atom. The van der Waals surface area contributed by atoms with Crippen molar-refractivity contribution in [3.8, 4) is 0 Å². The molecule has 0 unspecified atom stereocenters. The van der Waals surface area contributed by atoms with Crippen LogP contribution in [0.3, 0.4) is 0 Å². The predicted molar refractivity (Wildman–Crippen MR) is 73.4 cm³/mol. The molecule has 0 saturated heterocycles. The summed E-state index contributed by atoms with van der Waals surface area (Å²) in [6.45, 7) is 0. The Morgan fingerprint density at radius 3 is 2.33 bits per heavy atom. The van der Waals surface area contributed by atoms with Crippen LogP contribution in [0.25, 0.3) is 0 Å². The summed E-state index contributed by atoms with van der Waals surface area (Å²) >= 11 is 0. The standard InChI is InChI=1S/C13H25NO3S/c1-14-13(8-4-3-5-9-13)11-12(15)7-6-10-18(2,16)17/h14H,3-11H2,1-2H3. The lowest BCUT2D eigenvalue weighted by Crippen LogP contribution is -2.46. The third kappa shape index (κ3) is 5.48. The zero-order chi connectivity index (χ0) is 13.6. The van der Waals surface area contributed by atoms with Gasteiger partial charge >= 0.3 is 0 Å². The zero-order valence-corrected chi connectivity index (χ0v) is 12.3. The largest absolute Gasteiger partial charge is 0.314 e. The molecule has 106 valence electrons. The van der Waals surface area contributed by atoms with Crippen LogP contribution in [-0.2, 0) is 14.6 Å². The third-order valence-corrected chi connectivity index (χ3v) is 4.88. The highest BCUT2D eigenvalue weighted by molar-refractivity contribution is 7.90. The fraction of sp³-hybridized carbons (Fsp3) is 0.923. The van der Waals surface area contributed by atoms with Gasteiger partial charge in [0.05, 0.1) is 5.75 Å². The van der Waals surface area contributed by atoms with E-state index >= 15 is 0 Å². The van der Waals surface area contributed by atoms with E-state index < -0.39 is 9.84 Å². The van der Waals surface area contributed by atoms with Crippen molar-refractivity contribution >= 4 is 15.6 Å². The maximum absolute atomic E-state index is 11.9. The molecule has 5 heteroatoms. The lowest BCUT2D eigenvalue weighted by molar-refractivity contribution is -0.120. The molecule has 1 N–H and O–H groups in total. The maximum atomic E-state index is 11.9. The maximum Gasteiger partial charge on any atom is 0.147 e. The van der Waals surface area contributed by atoms with Crippen molar-refractivity contribution in [3.05, 3.63) is 0 Å². The van der Waals surface area contributed by atoms with Crippen molar-refractivity contribution in [1.29, 1.82) is 0 Å². The minimum atomic E-state index is -2.94. The molecule has 1 saturated carbocycles. The van der Waals surface area contributed by atoms with Gasteiger partial charge in [0.25, 0.3) is 0 Å². The van der Waals surface area contributed by atoms with Gasteiger partial charge in [0, 0.05) is 24.6 Å². The number of rotatable bonds is 7. The Hall–Kier alpha value is -0.420. The summed E-state index contributed by atoms with van der Waals surface area (Å²) in [5.41, 5.74) is -0.0274. The number of carbonyl (C=O) groups is 1. The molecule has 0 aromatic carbocycles. The van der Waals surface area contributed by atoms with Gasteiger partial charge in [-0.2, -0.15) is 0 Å². The molecule has 0 spiro atoms. The Morgan fingerprint density at radius 1 is 1.22 bits per heavy atom. The Kier molecular flexibility index (Phi) is 5.79. The highest BCUT2D eigenvalue weighted by Crippen LogP contribution is 2.31. The smallest absolute Gasteiger partial charge is 0.147 e. The molecular weight excluding hydrogens is 250 g/mol. The number of hydrogen-bond donors (Lipinski definition) is 1. The van der Waals surface area contributed by atoms with Gasteiger partial charge in [0.1, 0.15) is 15.6 Å². The van der Waals surface area contributed by atoms with Crippen molar-refractivity contribution in [1.82, 2.24) is 5.32 Å². The van der Waals surface area contributed by atoms with E-state index in [0.717, 1.165) is 12.8 Å². The van der Waals surface area contributed by atoms with Crippen LogP contribution in [-0.4, -0.2) is 38.8 Å². The molecule has 1 rings (SSSR count). The molecule has 0 aromatic rings. The van der Waals surface area contributed by atoms with Gasteiger partial charge in [0.15, 0.2) is 0 Å². The van der Waals surface area contributed by atoms with Crippen LogP contribution in [0.2, 0.25) is 0 Å². The van der Waals surface area contributed by atoms with Crippen molar-refractivity contribution in [2.24, 2.45) is 0 Å². The van der Waals surface area contributed by atoms with E-state index in [1.165, 1.54) is 25.5 Å². The fourth-order valence-corrected chi connectivity index (χ4v) is 3.41. The van der Waals surface area contributed by atoms with E-state index in [-0.39, 0.29) is 17.1 Å². The predicted octanol–water partition coefficient (Wildman–Crippen LogP) is 1.69. The Balaban J connectivity index is 2.38. The van der Waals surface area contributed by atoms with Gasteiger partial charge in [-0.05, 0) is 26.3 Å². The minimum Gasteiger partial charge on any atom is -0.314 e. The number of Topliss-reactive ketones (excluding diaryl/α,β-unsaturated/α-hetero) is 1. The molecule has 0 heterocycles. The van der Waals surface area contributed by atoms with Crippen molar-refractivity contribution in [2.45, 2.75) is 56.9 Å². The zero-order valence-electron chi connectivity index (χ0n) is 11.5. The first kappa shape index (κ1) is 15.6. The van der Waals surface area contributed by atoms with Crippen LogP contribution in [0.4, 0.5) is 0 Å². The SMILES string of the molecule is CNC1(CC(=O)CCCS(C)(=O)=O)CCCCC1. The molecule has 0 radical (unpaired) electrons. The monoisotopic (exact) mass is 275 g/mol. The summed E-state index contributed by atoms with van der Waals surface area (Å²) in [5.74, 6) is 0.306. The molecule has 1 fully saturated rings. The molecule has 0 bridgehead atoms. The molecule has 0 atom stereocenters. The summed E-state index contributed by atoms with van der Waals surface area (Å²) in [4.78, 5) is 11.9. The van der Waals surface area contributed by atoms with E-state index in [0.29, 0.717) is 19.3 Å². The van der Waals surface area contributed by atoms with Crippen molar-refractivity contribution in [2.75, 3.05) is 19.1 Å². The number of sulfone groups is 1. The summed E-state index contributed by atoms with van der Waals surface area (Å²) in [6.07, 6.45) is 8.33. The number of carbonyl (C=O) groups excluding carboxylic acids is 1. The van der Waals surface area contributed by atoms with E-state index in [2.05, 4.69) is 5.32 Å². The Labute approximate surface area is 110 Å². The van der Waals surface area contributed by atoms with Crippen LogP contribution in [0.5, 0.6) is 0 Å². The minimum absolute atomic E-state index is 0.0274. The van der Waals surface area contributed by atoms with Crippen LogP contribution in [0, 0.1) is 0 Å². The van der Waals surface area contributed by atoms with E-state index in [1.54, 1.807) is 0 Å². The molecule has 1 aliphatic rings. The Bertz CT molecular complexity index is 370. The fourth-order valence-electron chi connectivity index (χ4n) is 2.74. The number of ketones is 1. The van der Waals surface area contributed by atoms with Crippen LogP contribution >= 0.6 is 0 Å². The van der Waals surface area contributed by atoms with Crippen LogP contribution in [0.15, 0.2) is 0 Å². The van der Waals surface area contributed by atoms with Gasteiger partial charge in [-0.25, -0.2) is 8.42 Å². The summed E-state index contributed by atoms with van der Waals surface area (Å²) in [6, 6.07) is 0. The van der Waals surface area contributed by atoms with Crippen molar-refractivity contribution < 1.29 is 13.2 Å². The molecule has 1 aliphatic carbocycles. The van der Waals surface area contributed by atoms with Gasteiger partial charge in [-0.15, -0.1) is 0 Å². The number of nitrogens with one attached hydrogen (secondary N) is 1. The third-order valence-electron chi connectivity index (χ3n) is 3.85. The first-order chi connectivity index (χ1) is 8.37. The summed E-state index contributed by atoms with van der Waals surface area (Å²) < 4.78 is 22.0. The van der Waals surface area contributed by atoms with Crippen LogP contribution < -0.4 is 5.32 Å². The second-order valence-corrected chi connectivity index (χ2v) is 7.80. The van der Waals surface area contributed by atoms with Crippen molar-refractivity contribution in [3.63, 3.8) is 0 Å². The van der Waals surface area contributed by atoms with Gasteiger partial charge in [-0.3, -0.25) is 4.79 Å². The highest BCUT2D eigenvalue weighted by atomic mass is 32.2. The average molecular weight is 275 g/mol. The lowest BCUT2D eigenvalue weighted by atomic mass is 9.78. The quantitative estimate of drug-likeness (QED) is 0.768. The van der Waals surface area contributed by atoms with E-state index in [9.17, 15) is 13.2 Å². The topological polar surface area (TPSA) is 63.2 Å². The lowest BCUT2D eigenvalue weighted by Gasteiger charge is -2.36. The molecule has 4 nitrogen and oxygen atoms in total. The molecule has 0 amide bonds. The second kappa shape index (κ2) is 6.66. The van der Waals surface area contributed by atoms with Gasteiger partial charge in [-0.1, -0.05) is 19.3 Å². The normalized spacial score (nSPS) is 19.7. The molecular formula is C13H25NO3S. The molecule has 0 aromatic heterocycles. The summed E-state index contributed by atoms with van der Waals surface area (Å²) in [5, 5.41) is 3.32. The second-order valence-electron chi connectivity index (χ2n) is 5.54. The van der Waals surface area contributed by atoms with Gasteiger partial charge < -0.3 is 5.32 Å². The highest BCUT2D eigenvalue weighted by Gasteiger charge is 2.32. The summed E-state index contributed by atoms with van der Waals surface area (Å²) in [7, 11) is -1.02. The van der Waals surface area contributed by atoms with E-state index in [4.69, 9.17) is 0 Å². The average Bonchev–Trinajstić information content (AvgIpc) is 2.28. The van der Waals surface area contributed by atoms with E-state index in [1.807, 2.05) is 7.05 Å².